The highest BCUT2D eigenvalue weighted by Gasteiger charge is 2.15. The molecular weight excluding hydrogens is 548 g/mol. The smallest absolute Gasteiger partial charge is 0.351 e. The van der Waals surface area contributed by atoms with Crippen LogP contribution < -0.4 is 21.5 Å². The minimum absolute atomic E-state index is 0.0247. The summed E-state index contributed by atoms with van der Waals surface area (Å²) in [6.07, 6.45) is 2.83. The van der Waals surface area contributed by atoms with Gasteiger partial charge in [0.25, 0.3) is 0 Å². The van der Waals surface area contributed by atoms with Crippen molar-refractivity contribution in [1.29, 1.82) is 0 Å². The molecule has 12 heteroatoms. The van der Waals surface area contributed by atoms with Gasteiger partial charge in [0.05, 0.1) is 25.9 Å². The summed E-state index contributed by atoms with van der Waals surface area (Å²) in [5, 5.41) is 2.80. The van der Waals surface area contributed by atoms with Gasteiger partial charge in [0, 0.05) is 13.3 Å². The van der Waals surface area contributed by atoms with Crippen LogP contribution >= 0.6 is 12.6 Å². The van der Waals surface area contributed by atoms with E-state index in [1.165, 1.54) is 4.57 Å². The molecule has 2 aromatic rings. The quantitative estimate of drug-likeness (QED) is 0.240. The van der Waals surface area contributed by atoms with Gasteiger partial charge in [0.1, 0.15) is 30.6 Å². The average Bonchev–Trinajstić information content (AvgIpc) is 2.98. The molecule has 0 aliphatic rings. The summed E-state index contributed by atoms with van der Waals surface area (Å²) in [5.41, 5.74) is 5.03. The van der Waals surface area contributed by atoms with E-state index in [0.29, 0.717) is 6.61 Å². The number of carbonyl (C=O) groups is 2. The molecule has 0 fully saturated rings. The fourth-order valence-corrected chi connectivity index (χ4v) is 2.93. The predicted molar refractivity (Wildman–Crippen MR) is 169 cm³/mol. The number of para-hydroxylation sites is 1. The van der Waals surface area contributed by atoms with E-state index in [9.17, 15) is 9.59 Å². The highest BCUT2D eigenvalue weighted by molar-refractivity contribution is 7.80. The Labute approximate surface area is 251 Å². The molecule has 0 radical (unpaired) electrons. The van der Waals surface area contributed by atoms with E-state index >= 15 is 0 Å². The van der Waals surface area contributed by atoms with Crippen molar-refractivity contribution in [2.75, 3.05) is 39.4 Å². The maximum Gasteiger partial charge on any atom is 0.351 e. The van der Waals surface area contributed by atoms with Gasteiger partial charge in [-0.2, -0.15) is 17.6 Å². The van der Waals surface area contributed by atoms with Gasteiger partial charge in [-0.1, -0.05) is 32.0 Å². The molecule has 0 spiro atoms. The first-order valence-corrected chi connectivity index (χ1v) is 14.1. The van der Waals surface area contributed by atoms with Crippen LogP contribution in [0.15, 0.2) is 47.4 Å². The van der Waals surface area contributed by atoms with Gasteiger partial charge in [0.15, 0.2) is 0 Å². The van der Waals surface area contributed by atoms with Crippen LogP contribution in [0.3, 0.4) is 0 Å². The normalized spacial score (nSPS) is 11.8. The number of nitrogens with one attached hydrogen (secondary N) is 1. The topological polar surface area (TPSA) is 144 Å². The van der Waals surface area contributed by atoms with Crippen LogP contribution in [0.25, 0.3) is 0 Å². The largest absolute Gasteiger partial charge is 0.497 e. The van der Waals surface area contributed by atoms with E-state index in [1.807, 2.05) is 64.8 Å². The van der Waals surface area contributed by atoms with Crippen LogP contribution in [0, 0.1) is 0 Å². The molecule has 0 saturated carbocycles. The number of thiol groups is 1. The third-order valence-corrected chi connectivity index (χ3v) is 5.10. The molecule has 0 aliphatic carbocycles. The number of anilines is 1. The Morgan fingerprint density at radius 1 is 1.10 bits per heavy atom. The number of hydrogen-bond donors (Lipinski definition) is 3. The average molecular weight is 601 g/mol. The summed E-state index contributed by atoms with van der Waals surface area (Å²) in [5.74, 6) is 1.71. The maximum atomic E-state index is 11.7. The molecule has 1 heterocycles. The van der Waals surface area contributed by atoms with E-state index in [-0.39, 0.29) is 30.0 Å². The number of nitrogens with two attached hydrogens (primary N) is 1. The Morgan fingerprint density at radius 2 is 1.68 bits per heavy atom. The number of hydrogen-bond acceptors (Lipinski definition) is 11. The van der Waals surface area contributed by atoms with Crippen LogP contribution in [0.5, 0.6) is 5.75 Å². The van der Waals surface area contributed by atoms with Crippen molar-refractivity contribution in [3.8, 4) is 5.75 Å². The van der Waals surface area contributed by atoms with Gasteiger partial charge in [-0.15, -0.1) is 0 Å². The fraction of sp³-hybridized carbons (Fsp3) is 0.586. The van der Waals surface area contributed by atoms with Crippen LogP contribution in [0.1, 0.15) is 60.6 Å². The Morgan fingerprint density at radius 3 is 2.10 bits per heavy atom. The first-order valence-electron chi connectivity index (χ1n) is 13.4. The molecule has 3 N–H and O–H groups in total. The second kappa shape index (κ2) is 28.6. The van der Waals surface area contributed by atoms with Crippen molar-refractivity contribution in [1.82, 2.24) is 14.9 Å². The summed E-state index contributed by atoms with van der Waals surface area (Å²) in [4.78, 5) is 34.3. The third kappa shape index (κ3) is 22.4. The second-order valence-electron chi connectivity index (χ2n) is 8.23. The Kier molecular flexibility index (Phi) is 29.7. The Bertz CT molecular complexity index is 933. The Hall–Kier alpha value is -2.93. The number of likely N-dealkylation sites (N-methyl/N-ethyl adjacent to an activating group) is 1. The summed E-state index contributed by atoms with van der Waals surface area (Å²) in [7, 11) is 5.01. The fourth-order valence-electron chi connectivity index (χ4n) is 2.75. The first kappa shape index (κ1) is 42.5. The van der Waals surface area contributed by atoms with Gasteiger partial charge >= 0.3 is 11.7 Å². The summed E-state index contributed by atoms with van der Waals surface area (Å²) >= 11 is 4.18. The molecule has 0 amide bonds. The van der Waals surface area contributed by atoms with Gasteiger partial charge in [0.2, 0.25) is 0 Å². The zero-order chi connectivity index (χ0) is 32.2. The maximum absolute atomic E-state index is 11.7. The predicted octanol–water partition coefficient (Wildman–Crippen LogP) is 4.17. The summed E-state index contributed by atoms with van der Waals surface area (Å²) in [6, 6.07) is 11.0. The van der Waals surface area contributed by atoms with Crippen molar-refractivity contribution >= 4 is 31.2 Å². The highest BCUT2D eigenvalue weighted by atomic mass is 32.1. The number of benzene rings is 1. The zero-order valence-electron chi connectivity index (χ0n) is 26.2. The molecule has 236 valence electrons. The first-order chi connectivity index (χ1) is 19.6. The van der Waals surface area contributed by atoms with Crippen molar-refractivity contribution in [2.24, 2.45) is 0 Å². The number of nitrogen functional groups attached to an aromatic ring is 1. The van der Waals surface area contributed by atoms with E-state index in [0.717, 1.165) is 24.3 Å². The minimum atomic E-state index is -0.419. The molecule has 0 bridgehead atoms. The van der Waals surface area contributed by atoms with Crippen molar-refractivity contribution < 1.29 is 28.5 Å². The number of ether oxygens (including phenoxy) is 4. The van der Waals surface area contributed by atoms with Crippen molar-refractivity contribution in [3.05, 3.63) is 53.1 Å². The van der Waals surface area contributed by atoms with Crippen molar-refractivity contribution in [3.63, 3.8) is 0 Å². The monoisotopic (exact) mass is 600 g/mol. The van der Waals surface area contributed by atoms with E-state index < -0.39 is 11.9 Å². The van der Waals surface area contributed by atoms with E-state index in [2.05, 4.69) is 22.9 Å². The van der Waals surface area contributed by atoms with Crippen LogP contribution in [-0.4, -0.2) is 74.2 Å². The lowest BCUT2D eigenvalue weighted by Gasteiger charge is -2.23. The second-order valence-corrected chi connectivity index (χ2v) is 8.68. The molecule has 2 rings (SSSR count). The lowest BCUT2D eigenvalue weighted by molar-refractivity contribution is -0.149. The number of methoxy groups -OCH3 is 2. The number of aromatic nitrogens is 2. The number of rotatable bonds is 12. The molecule has 0 saturated heterocycles. The Balaban J connectivity index is -0.000000550. The summed E-state index contributed by atoms with van der Waals surface area (Å²) < 4.78 is 22.2. The third-order valence-electron chi connectivity index (χ3n) is 4.79. The summed E-state index contributed by atoms with van der Waals surface area (Å²) in [6.45, 7) is 13.7. The zero-order valence-corrected chi connectivity index (χ0v) is 27.1. The molecule has 1 aromatic carbocycles. The molecule has 3 unspecified atom stereocenters. The van der Waals surface area contributed by atoms with E-state index in [1.54, 1.807) is 47.4 Å². The SMILES string of the molecule is C=O.CC.CNC(C)C(=O)OC(C)C.COCC(CCCS)OC(C)n1ccc(N)nc1=O.COc1ccccc1. The van der Waals surface area contributed by atoms with Gasteiger partial charge < -0.3 is 34.8 Å². The van der Waals surface area contributed by atoms with Crippen LogP contribution in [-0.2, 0) is 23.8 Å². The molecule has 3 atom stereocenters. The highest BCUT2D eigenvalue weighted by Crippen LogP contribution is 2.13. The van der Waals surface area contributed by atoms with Gasteiger partial charge in [-0.25, -0.2) is 4.79 Å². The van der Waals surface area contributed by atoms with Crippen molar-refractivity contribution in [2.45, 2.75) is 78.9 Å². The van der Waals surface area contributed by atoms with Gasteiger partial charge in [-0.3, -0.25) is 9.36 Å². The number of nitrogens with zero attached hydrogens (tertiary/aromatic N) is 2. The lowest BCUT2D eigenvalue weighted by atomic mass is 10.2. The van der Waals surface area contributed by atoms with Crippen LogP contribution in [0.2, 0.25) is 0 Å². The minimum Gasteiger partial charge on any atom is -0.497 e. The van der Waals surface area contributed by atoms with Crippen LogP contribution in [0.4, 0.5) is 5.82 Å². The standard InChI is InChI=1S/C12H21N3O3S.C7H15NO2.C7H8O.C2H6.CH2O/c1-9(15-6-5-11(13)14-12(15)16)18-10(8-17-2)4-3-7-19;1-5(2)10-7(9)6(3)8-4;1-8-7-5-3-2-4-6-7;2*1-2/h5-6,9-10,19H,3-4,7-8H2,1-2H3,(H2,13,14,16);5-6,8H,1-4H3;2-6H,1H3;1-2H3;1H2. The molecule has 11 nitrogen and oxygen atoms in total. The van der Waals surface area contributed by atoms with Gasteiger partial charge in [-0.05, 0) is 71.5 Å². The molecule has 41 heavy (non-hydrogen) atoms. The van der Waals surface area contributed by atoms with E-state index in [4.69, 9.17) is 29.5 Å². The number of carbonyl (C=O) groups excluding carboxylic acids is 2. The molecule has 0 aliphatic heterocycles. The lowest BCUT2D eigenvalue weighted by Crippen LogP contribution is -2.33. The number of esters is 1. The molecular formula is C29H52N4O7S. The molecule has 1 aromatic heterocycles.